The second-order valence-corrected chi connectivity index (χ2v) is 7.48. The van der Waals surface area contributed by atoms with Crippen LogP contribution in [0.25, 0.3) is 0 Å². The average molecular weight is 284 g/mol. The maximum Gasteiger partial charge on any atom is 0.240 e. The van der Waals surface area contributed by atoms with Crippen LogP contribution in [0.2, 0.25) is 0 Å². The van der Waals surface area contributed by atoms with Crippen LogP contribution >= 0.6 is 0 Å². The van der Waals surface area contributed by atoms with Crippen molar-refractivity contribution in [3.8, 4) is 5.75 Å². The summed E-state index contributed by atoms with van der Waals surface area (Å²) in [5.74, 6) is 0.769. The fraction of sp³-hybridized carbons (Fsp3) is 0.538. The van der Waals surface area contributed by atoms with E-state index in [1.165, 1.54) is 0 Å². The van der Waals surface area contributed by atoms with Crippen LogP contribution in [0.15, 0.2) is 23.1 Å². The Balaban J connectivity index is 2.20. The zero-order valence-electron chi connectivity index (χ0n) is 11.4. The molecule has 19 heavy (non-hydrogen) atoms. The third-order valence-electron chi connectivity index (χ3n) is 2.90. The lowest BCUT2D eigenvalue weighted by Gasteiger charge is -2.19. The van der Waals surface area contributed by atoms with Gasteiger partial charge in [-0.15, -0.1) is 0 Å². The van der Waals surface area contributed by atoms with Crippen LogP contribution in [0.5, 0.6) is 5.75 Å². The molecular formula is C13H20N2O3S. The fourth-order valence-corrected chi connectivity index (χ4v) is 3.20. The molecule has 0 saturated heterocycles. The molecule has 0 unspecified atom stereocenters. The SMILES string of the molecule is C[C@H]1Cc2cc(S(=O)(=O)NCC(C)(C)N)ccc2O1. The molecule has 1 atom stereocenters. The van der Waals surface area contributed by atoms with Crippen molar-refractivity contribution in [2.24, 2.45) is 5.73 Å². The molecule has 106 valence electrons. The number of hydrogen-bond donors (Lipinski definition) is 2. The van der Waals surface area contributed by atoms with Gasteiger partial charge in [-0.1, -0.05) is 0 Å². The average Bonchev–Trinajstić information content (AvgIpc) is 2.64. The van der Waals surface area contributed by atoms with Gasteiger partial charge in [-0.3, -0.25) is 0 Å². The van der Waals surface area contributed by atoms with Crippen molar-refractivity contribution in [3.05, 3.63) is 23.8 Å². The normalized spacial score (nSPS) is 19.1. The van der Waals surface area contributed by atoms with Gasteiger partial charge in [0.1, 0.15) is 11.9 Å². The molecule has 0 amide bonds. The Morgan fingerprint density at radius 3 is 2.79 bits per heavy atom. The molecule has 0 bridgehead atoms. The van der Waals surface area contributed by atoms with Gasteiger partial charge in [0.15, 0.2) is 0 Å². The Kier molecular flexibility index (Phi) is 3.59. The van der Waals surface area contributed by atoms with Gasteiger partial charge in [0.2, 0.25) is 10.0 Å². The van der Waals surface area contributed by atoms with Gasteiger partial charge in [-0.25, -0.2) is 13.1 Å². The van der Waals surface area contributed by atoms with Gasteiger partial charge in [-0.2, -0.15) is 0 Å². The van der Waals surface area contributed by atoms with Gasteiger partial charge in [0.25, 0.3) is 0 Å². The van der Waals surface area contributed by atoms with E-state index in [9.17, 15) is 8.42 Å². The minimum Gasteiger partial charge on any atom is -0.490 e. The van der Waals surface area contributed by atoms with E-state index in [-0.39, 0.29) is 17.5 Å². The molecule has 0 spiro atoms. The Bertz CT molecular complexity index is 576. The van der Waals surface area contributed by atoms with Crippen molar-refractivity contribution >= 4 is 10.0 Å². The maximum absolute atomic E-state index is 12.2. The predicted molar refractivity (Wildman–Crippen MR) is 73.7 cm³/mol. The molecule has 0 aromatic heterocycles. The number of fused-ring (bicyclic) bond motifs is 1. The second kappa shape index (κ2) is 4.77. The molecule has 1 aliphatic heterocycles. The van der Waals surface area contributed by atoms with Gasteiger partial charge in [-0.05, 0) is 44.5 Å². The summed E-state index contributed by atoms with van der Waals surface area (Å²) in [5, 5.41) is 0. The zero-order valence-corrected chi connectivity index (χ0v) is 12.3. The van der Waals surface area contributed by atoms with Crippen LogP contribution in [0, 0.1) is 0 Å². The first-order valence-corrected chi connectivity index (χ1v) is 7.74. The highest BCUT2D eigenvalue weighted by atomic mass is 32.2. The second-order valence-electron chi connectivity index (χ2n) is 5.72. The van der Waals surface area contributed by atoms with Crippen LogP contribution in [0.1, 0.15) is 26.3 Å². The Morgan fingerprint density at radius 1 is 1.47 bits per heavy atom. The number of rotatable bonds is 4. The molecule has 0 radical (unpaired) electrons. The molecule has 1 heterocycles. The third kappa shape index (κ3) is 3.46. The first-order valence-electron chi connectivity index (χ1n) is 6.25. The van der Waals surface area contributed by atoms with Gasteiger partial charge in [0, 0.05) is 18.5 Å². The highest BCUT2D eigenvalue weighted by molar-refractivity contribution is 7.89. The van der Waals surface area contributed by atoms with Crippen LogP contribution in [0.4, 0.5) is 0 Å². The fourth-order valence-electron chi connectivity index (χ4n) is 1.93. The van der Waals surface area contributed by atoms with E-state index in [1.54, 1.807) is 32.0 Å². The van der Waals surface area contributed by atoms with Crippen molar-refractivity contribution in [1.82, 2.24) is 4.72 Å². The van der Waals surface area contributed by atoms with Crippen LogP contribution in [-0.4, -0.2) is 26.6 Å². The summed E-state index contributed by atoms with van der Waals surface area (Å²) in [6, 6.07) is 4.94. The summed E-state index contributed by atoms with van der Waals surface area (Å²) in [4.78, 5) is 0.258. The van der Waals surface area contributed by atoms with E-state index in [0.29, 0.717) is 0 Å². The quantitative estimate of drug-likeness (QED) is 0.865. The van der Waals surface area contributed by atoms with Crippen molar-refractivity contribution < 1.29 is 13.2 Å². The summed E-state index contributed by atoms with van der Waals surface area (Å²) in [6.07, 6.45) is 0.838. The van der Waals surface area contributed by atoms with Gasteiger partial charge in [0.05, 0.1) is 4.90 Å². The monoisotopic (exact) mass is 284 g/mol. The molecule has 1 aliphatic rings. The molecule has 2 rings (SSSR count). The third-order valence-corrected chi connectivity index (χ3v) is 4.29. The van der Waals surface area contributed by atoms with Crippen LogP contribution < -0.4 is 15.2 Å². The number of ether oxygens (including phenoxy) is 1. The Morgan fingerprint density at radius 2 is 2.16 bits per heavy atom. The maximum atomic E-state index is 12.2. The smallest absolute Gasteiger partial charge is 0.240 e. The summed E-state index contributed by atoms with van der Waals surface area (Å²) < 4.78 is 32.4. The summed E-state index contributed by atoms with van der Waals surface area (Å²) >= 11 is 0. The van der Waals surface area contributed by atoms with Gasteiger partial charge < -0.3 is 10.5 Å². The van der Waals surface area contributed by atoms with Crippen LogP contribution in [-0.2, 0) is 16.4 Å². The van der Waals surface area contributed by atoms with Gasteiger partial charge >= 0.3 is 0 Å². The number of hydrogen-bond acceptors (Lipinski definition) is 4. The number of sulfonamides is 1. The van der Waals surface area contributed by atoms with E-state index in [4.69, 9.17) is 10.5 Å². The van der Waals surface area contributed by atoms with Crippen molar-refractivity contribution in [1.29, 1.82) is 0 Å². The molecule has 1 aromatic carbocycles. The van der Waals surface area contributed by atoms with E-state index in [1.807, 2.05) is 6.92 Å². The highest BCUT2D eigenvalue weighted by Crippen LogP contribution is 2.30. The first-order chi connectivity index (χ1) is 8.67. The zero-order chi connectivity index (χ0) is 14.3. The van der Waals surface area contributed by atoms with E-state index >= 15 is 0 Å². The standard InChI is InChI=1S/C13H20N2O3S/c1-9-6-10-7-11(4-5-12(10)18-9)19(16,17)15-8-13(2,3)14/h4-5,7,9,15H,6,8,14H2,1-3H3/t9-/m0/s1. The van der Waals surface area contributed by atoms with Crippen molar-refractivity contribution in [3.63, 3.8) is 0 Å². The van der Waals surface area contributed by atoms with Crippen LogP contribution in [0.3, 0.4) is 0 Å². The molecule has 0 aliphatic carbocycles. The summed E-state index contributed by atoms with van der Waals surface area (Å²) in [6.45, 7) is 5.70. The minimum absolute atomic E-state index is 0.101. The van der Waals surface area contributed by atoms with E-state index in [2.05, 4.69) is 4.72 Å². The molecule has 0 fully saturated rings. The lowest BCUT2D eigenvalue weighted by molar-refractivity contribution is 0.254. The minimum atomic E-state index is -3.52. The largest absolute Gasteiger partial charge is 0.490 e. The summed E-state index contributed by atoms with van der Waals surface area (Å²) in [5.41, 5.74) is 6.13. The molecule has 6 heteroatoms. The summed E-state index contributed by atoms with van der Waals surface area (Å²) in [7, 11) is -3.52. The number of nitrogens with one attached hydrogen (secondary N) is 1. The molecule has 1 aromatic rings. The highest BCUT2D eigenvalue weighted by Gasteiger charge is 2.23. The lowest BCUT2D eigenvalue weighted by atomic mass is 10.1. The van der Waals surface area contributed by atoms with E-state index < -0.39 is 15.6 Å². The van der Waals surface area contributed by atoms with Crippen molar-refractivity contribution in [2.45, 2.75) is 43.7 Å². The molecular weight excluding hydrogens is 264 g/mol. The molecule has 0 saturated carbocycles. The van der Waals surface area contributed by atoms with Crippen molar-refractivity contribution in [2.75, 3.05) is 6.54 Å². The predicted octanol–water partition coefficient (Wildman–Crippen LogP) is 1.03. The van der Waals surface area contributed by atoms with E-state index in [0.717, 1.165) is 17.7 Å². The Labute approximate surface area is 114 Å². The number of benzene rings is 1. The first kappa shape index (κ1) is 14.3. The number of nitrogens with two attached hydrogens (primary N) is 1. The molecule has 5 nitrogen and oxygen atoms in total. The Hall–Kier alpha value is -1.11. The lowest BCUT2D eigenvalue weighted by Crippen LogP contribution is -2.45. The topological polar surface area (TPSA) is 81.4 Å². The molecule has 3 N–H and O–H groups in total.